The van der Waals surface area contributed by atoms with Crippen LogP contribution in [0.5, 0.6) is 0 Å². The zero-order valence-electron chi connectivity index (χ0n) is 10.5. The smallest absolute Gasteiger partial charge is 0.231 e. The molecule has 98 valence electrons. The molecule has 0 atom stereocenters. The highest BCUT2D eigenvalue weighted by Gasteiger charge is 2.37. The first-order valence-corrected chi connectivity index (χ1v) is 7.10. The van der Waals surface area contributed by atoms with Crippen LogP contribution in [0.3, 0.4) is 0 Å². The summed E-state index contributed by atoms with van der Waals surface area (Å²) in [6.45, 7) is 3.90. The maximum absolute atomic E-state index is 12.5. The Balaban J connectivity index is 2.13. The van der Waals surface area contributed by atoms with Crippen molar-refractivity contribution in [3.05, 3.63) is 22.8 Å². The predicted molar refractivity (Wildman–Crippen MR) is 75.4 cm³/mol. The van der Waals surface area contributed by atoms with E-state index in [0.717, 1.165) is 36.8 Å². The molecule has 0 aromatic carbocycles. The van der Waals surface area contributed by atoms with Crippen molar-refractivity contribution in [2.24, 2.45) is 5.41 Å². The molecule has 0 bridgehead atoms. The van der Waals surface area contributed by atoms with E-state index in [1.807, 2.05) is 12.1 Å². The number of carbonyl (C=O) groups is 1. The number of pyridine rings is 1. The van der Waals surface area contributed by atoms with Crippen LogP contribution in [-0.2, 0) is 4.79 Å². The van der Waals surface area contributed by atoms with Crippen LogP contribution in [0.25, 0.3) is 0 Å². The van der Waals surface area contributed by atoms with Gasteiger partial charge in [0.25, 0.3) is 0 Å². The van der Waals surface area contributed by atoms with E-state index < -0.39 is 0 Å². The SMILES string of the molecule is CCC1(C(=O)Nc2ncccc2Br)CCNCC1. The molecule has 0 unspecified atom stereocenters. The Labute approximate surface area is 116 Å². The minimum Gasteiger partial charge on any atom is -0.317 e. The van der Waals surface area contributed by atoms with E-state index in [0.29, 0.717) is 5.82 Å². The lowest BCUT2D eigenvalue weighted by atomic mass is 9.76. The van der Waals surface area contributed by atoms with Crippen molar-refractivity contribution in [2.45, 2.75) is 26.2 Å². The first kappa shape index (κ1) is 13.5. The summed E-state index contributed by atoms with van der Waals surface area (Å²) >= 11 is 3.40. The van der Waals surface area contributed by atoms with Crippen LogP contribution in [0, 0.1) is 5.41 Å². The molecule has 1 aliphatic rings. The van der Waals surface area contributed by atoms with Crippen molar-refractivity contribution in [1.82, 2.24) is 10.3 Å². The number of anilines is 1. The second kappa shape index (κ2) is 5.80. The molecule has 1 fully saturated rings. The summed E-state index contributed by atoms with van der Waals surface area (Å²) < 4.78 is 0.818. The summed E-state index contributed by atoms with van der Waals surface area (Å²) in [6, 6.07) is 3.71. The topological polar surface area (TPSA) is 54.0 Å². The van der Waals surface area contributed by atoms with Gasteiger partial charge < -0.3 is 10.6 Å². The second-order valence-electron chi connectivity index (χ2n) is 4.67. The third-order valence-corrected chi connectivity index (χ3v) is 4.35. The fourth-order valence-corrected chi connectivity index (χ4v) is 2.72. The number of hydrogen-bond donors (Lipinski definition) is 2. The van der Waals surface area contributed by atoms with Gasteiger partial charge in [0.2, 0.25) is 5.91 Å². The van der Waals surface area contributed by atoms with Crippen molar-refractivity contribution in [1.29, 1.82) is 0 Å². The van der Waals surface area contributed by atoms with Crippen molar-refractivity contribution >= 4 is 27.7 Å². The molecule has 2 heterocycles. The summed E-state index contributed by atoms with van der Waals surface area (Å²) in [4.78, 5) is 16.7. The van der Waals surface area contributed by atoms with Crippen LogP contribution in [0.4, 0.5) is 5.82 Å². The lowest BCUT2D eigenvalue weighted by Crippen LogP contribution is -2.44. The second-order valence-corrected chi connectivity index (χ2v) is 5.53. The Morgan fingerprint density at radius 1 is 1.56 bits per heavy atom. The number of nitrogens with one attached hydrogen (secondary N) is 2. The van der Waals surface area contributed by atoms with E-state index >= 15 is 0 Å². The van der Waals surface area contributed by atoms with E-state index in [-0.39, 0.29) is 11.3 Å². The van der Waals surface area contributed by atoms with Crippen LogP contribution in [0.15, 0.2) is 22.8 Å². The van der Waals surface area contributed by atoms with Gasteiger partial charge in [0.05, 0.1) is 9.89 Å². The summed E-state index contributed by atoms with van der Waals surface area (Å²) in [7, 11) is 0. The van der Waals surface area contributed by atoms with Gasteiger partial charge in [-0.3, -0.25) is 4.79 Å². The number of nitrogens with zero attached hydrogens (tertiary/aromatic N) is 1. The normalized spacial score (nSPS) is 18.3. The Morgan fingerprint density at radius 2 is 2.28 bits per heavy atom. The lowest BCUT2D eigenvalue weighted by Gasteiger charge is -2.35. The van der Waals surface area contributed by atoms with Gasteiger partial charge in [-0.05, 0) is 60.4 Å². The van der Waals surface area contributed by atoms with E-state index in [1.54, 1.807) is 6.20 Å². The monoisotopic (exact) mass is 311 g/mol. The quantitative estimate of drug-likeness (QED) is 0.902. The average Bonchev–Trinajstić information content (AvgIpc) is 2.42. The van der Waals surface area contributed by atoms with E-state index in [9.17, 15) is 4.79 Å². The third kappa shape index (κ3) is 2.72. The summed E-state index contributed by atoms with van der Waals surface area (Å²) in [5.74, 6) is 0.694. The molecule has 0 aliphatic carbocycles. The third-order valence-electron chi connectivity index (χ3n) is 3.71. The number of carbonyl (C=O) groups excluding carboxylic acids is 1. The maximum Gasteiger partial charge on any atom is 0.231 e. The van der Waals surface area contributed by atoms with Crippen LogP contribution >= 0.6 is 15.9 Å². The van der Waals surface area contributed by atoms with Crippen molar-refractivity contribution in [3.63, 3.8) is 0 Å². The Bertz CT molecular complexity index is 430. The summed E-state index contributed by atoms with van der Waals surface area (Å²) in [5, 5.41) is 6.25. The van der Waals surface area contributed by atoms with Gasteiger partial charge in [-0.1, -0.05) is 6.92 Å². The average molecular weight is 312 g/mol. The molecule has 18 heavy (non-hydrogen) atoms. The minimum absolute atomic E-state index is 0.0888. The fraction of sp³-hybridized carbons (Fsp3) is 0.538. The number of amides is 1. The zero-order chi connectivity index (χ0) is 13.0. The molecule has 4 nitrogen and oxygen atoms in total. The molecule has 1 saturated heterocycles. The van der Waals surface area contributed by atoms with E-state index in [4.69, 9.17) is 0 Å². The Kier molecular flexibility index (Phi) is 4.35. The first-order chi connectivity index (χ1) is 8.68. The molecule has 1 aliphatic heterocycles. The minimum atomic E-state index is -0.248. The molecule has 2 rings (SSSR count). The number of halogens is 1. The van der Waals surface area contributed by atoms with Gasteiger partial charge in [-0.25, -0.2) is 4.98 Å². The molecular weight excluding hydrogens is 294 g/mol. The van der Waals surface area contributed by atoms with Crippen LogP contribution in [0.1, 0.15) is 26.2 Å². The largest absolute Gasteiger partial charge is 0.317 e. The highest BCUT2D eigenvalue weighted by atomic mass is 79.9. The molecule has 1 aromatic heterocycles. The molecule has 0 spiro atoms. The summed E-state index contributed by atoms with van der Waals surface area (Å²) in [6.07, 6.45) is 4.33. The molecule has 1 aromatic rings. The highest BCUT2D eigenvalue weighted by molar-refractivity contribution is 9.10. The van der Waals surface area contributed by atoms with Gasteiger partial charge in [-0.2, -0.15) is 0 Å². The molecule has 0 saturated carbocycles. The van der Waals surface area contributed by atoms with Gasteiger partial charge in [0.15, 0.2) is 0 Å². The molecule has 2 N–H and O–H groups in total. The number of hydrogen-bond acceptors (Lipinski definition) is 3. The Hall–Kier alpha value is -0.940. The van der Waals surface area contributed by atoms with Crippen LogP contribution < -0.4 is 10.6 Å². The lowest BCUT2D eigenvalue weighted by molar-refractivity contribution is -0.127. The van der Waals surface area contributed by atoms with Gasteiger partial charge >= 0.3 is 0 Å². The van der Waals surface area contributed by atoms with Crippen LogP contribution in [0.2, 0.25) is 0 Å². The van der Waals surface area contributed by atoms with Crippen molar-refractivity contribution < 1.29 is 4.79 Å². The van der Waals surface area contributed by atoms with Gasteiger partial charge in [0.1, 0.15) is 5.82 Å². The maximum atomic E-state index is 12.5. The summed E-state index contributed by atoms with van der Waals surface area (Å²) in [5.41, 5.74) is -0.248. The van der Waals surface area contributed by atoms with Gasteiger partial charge in [0, 0.05) is 6.20 Å². The van der Waals surface area contributed by atoms with Crippen molar-refractivity contribution in [2.75, 3.05) is 18.4 Å². The molecule has 0 radical (unpaired) electrons. The van der Waals surface area contributed by atoms with Crippen LogP contribution in [-0.4, -0.2) is 24.0 Å². The highest BCUT2D eigenvalue weighted by Crippen LogP contribution is 2.34. The first-order valence-electron chi connectivity index (χ1n) is 6.31. The zero-order valence-corrected chi connectivity index (χ0v) is 12.1. The number of aromatic nitrogens is 1. The number of rotatable bonds is 3. The van der Waals surface area contributed by atoms with Crippen molar-refractivity contribution in [3.8, 4) is 0 Å². The number of piperidine rings is 1. The molecule has 1 amide bonds. The van der Waals surface area contributed by atoms with Gasteiger partial charge in [-0.15, -0.1) is 0 Å². The fourth-order valence-electron chi connectivity index (χ4n) is 2.36. The molecule has 5 heteroatoms. The predicted octanol–water partition coefficient (Wildman–Crippen LogP) is 2.56. The van der Waals surface area contributed by atoms with E-state index in [2.05, 4.69) is 38.5 Å². The van der Waals surface area contributed by atoms with E-state index in [1.165, 1.54) is 0 Å². The Morgan fingerprint density at radius 3 is 2.89 bits per heavy atom. The standard InChI is InChI=1S/C13H18BrN3O/c1-2-13(5-8-15-9-6-13)12(18)17-11-10(14)4-3-7-16-11/h3-4,7,15H,2,5-6,8-9H2,1H3,(H,16,17,18). The molecular formula is C13H18BrN3O.